The van der Waals surface area contributed by atoms with Crippen LogP contribution in [-0.2, 0) is 4.79 Å². The number of nitrogens with zero attached hydrogens (tertiary/aromatic N) is 3. The number of amides is 1. The van der Waals surface area contributed by atoms with Crippen molar-refractivity contribution in [3.05, 3.63) is 41.3 Å². The van der Waals surface area contributed by atoms with E-state index in [1.165, 1.54) is 23.4 Å². The number of carbonyl (C=O) groups is 1. The second-order valence-electron chi connectivity index (χ2n) is 4.29. The molecule has 0 radical (unpaired) electrons. The van der Waals surface area contributed by atoms with Crippen molar-refractivity contribution in [2.45, 2.75) is 12.3 Å². The monoisotopic (exact) mass is 281 g/mol. The number of rotatable bonds is 2. The van der Waals surface area contributed by atoms with Crippen LogP contribution in [-0.4, -0.2) is 22.6 Å². The van der Waals surface area contributed by atoms with E-state index in [1.807, 2.05) is 0 Å². The van der Waals surface area contributed by atoms with E-state index in [0.717, 1.165) is 0 Å². The normalized spacial score (nSPS) is 19.2. The smallest absolute Gasteiger partial charge is 0.227 e. The predicted octanol–water partition coefficient (Wildman–Crippen LogP) is 2.38. The van der Waals surface area contributed by atoms with Crippen LogP contribution in [0.25, 0.3) is 0 Å². The average Bonchev–Trinajstić information content (AvgIpc) is 2.98. The number of benzene rings is 1. The number of halogens is 2. The molecular weight excluding hydrogens is 273 g/mol. The van der Waals surface area contributed by atoms with E-state index in [4.69, 9.17) is 11.6 Å². The third-order valence-corrected chi connectivity index (χ3v) is 3.30. The Morgan fingerprint density at radius 3 is 3.00 bits per heavy atom. The SMILES string of the molecule is O=C1CC(c2ncon2)CN1c1ccc(Cl)cc1F. The molecule has 1 fully saturated rings. The summed E-state index contributed by atoms with van der Waals surface area (Å²) in [6, 6.07) is 4.23. The lowest BCUT2D eigenvalue weighted by Crippen LogP contribution is -2.25. The molecule has 0 aliphatic carbocycles. The number of aromatic nitrogens is 2. The van der Waals surface area contributed by atoms with Crippen LogP contribution >= 0.6 is 11.6 Å². The fourth-order valence-electron chi connectivity index (χ4n) is 2.17. The maximum atomic E-state index is 13.8. The zero-order valence-electron chi connectivity index (χ0n) is 9.72. The van der Waals surface area contributed by atoms with Gasteiger partial charge in [-0.3, -0.25) is 4.79 Å². The molecule has 3 rings (SSSR count). The highest BCUT2D eigenvalue weighted by molar-refractivity contribution is 6.30. The van der Waals surface area contributed by atoms with Crippen molar-refractivity contribution in [2.24, 2.45) is 0 Å². The molecule has 7 heteroatoms. The second-order valence-corrected chi connectivity index (χ2v) is 4.73. The Bertz CT molecular complexity index is 617. The van der Waals surface area contributed by atoms with Gasteiger partial charge in [0.2, 0.25) is 12.3 Å². The van der Waals surface area contributed by atoms with Gasteiger partial charge in [0, 0.05) is 23.9 Å². The first kappa shape index (κ1) is 12.1. The number of hydrogen-bond donors (Lipinski definition) is 0. The van der Waals surface area contributed by atoms with Crippen molar-refractivity contribution in [1.82, 2.24) is 10.1 Å². The summed E-state index contributed by atoms with van der Waals surface area (Å²) in [5.74, 6) is -0.405. The van der Waals surface area contributed by atoms with Gasteiger partial charge in [0.25, 0.3) is 0 Å². The lowest BCUT2D eigenvalue weighted by molar-refractivity contribution is -0.117. The van der Waals surface area contributed by atoms with Crippen molar-refractivity contribution in [3.8, 4) is 0 Å². The Morgan fingerprint density at radius 1 is 1.47 bits per heavy atom. The van der Waals surface area contributed by atoms with Crippen molar-refractivity contribution in [3.63, 3.8) is 0 Å². The van der Waals surface area contributed by atoms with E-state index >= 15 is 0 Å². The van der Waals surface area contributed by atoms with E-state index in [-0.39, 0.29) is 23.9 Å². The molecule has 98 valence electrons. The molecule has 1 amide bonds. The van der Waals surface area contributed by atoms with Crippen molar-refractivity contribution in [2.75, 3.05) is 11.4 Å². The highest BCUT2D eigenvalue weighted by atomic mass is 35.5. The van der Waals surface area contributed by atoms with E-state index < -0.39 is 5.82 Å². The Labute approximate surface area is 113 Å². The van der Waals surface area contributed by atoms with Crippen LogP contribution in [0.4, 0.5) is 10.1 Å². The molecule has 0 saturated carbocycles. The van der Waals surface area contributed by atoms with Gasteiger partial charge in [0.05, 0.1) is 5.69 Å². The highest BCUT2D eigenvalue weighted by Gasteiger charge is 2.35. The Kier molecular flexibility index (Phi) is 2.94. The molecule has 2 aromatic rings. The zero-order valence-corrected chi connectivity index (χ0v) is 10.5. The molecular formula is C12H9ClFN3O2. The van der Waals surface area contributed by atoms with E-state index in [2.05, 4.69) is 14.7 Å². The Hall–Kier alpha value is -1.95. The molecule has 1 aromatic carbocycles. The molecule has 0 N–H and O–H groups in total. The minimum atomic E-state index is -0.519. The van der Waals surface area contributed by atoms with Crippen LogP contribution in [0.5, 0.6) is 0 Å². The lowest BCUT2D eigenvalue weighted by atomic mass is 10.1. The van der Waals surface area contributed by atoms with Gasteiger partial charge in [-0.2, -0.15) is 4.98 Å². The van der Waals surface area contributed by atoms with E-state index in [0.29, 0.717) is 17.4 Å². The number of hydrogen-bond acceptors (Lipinski definition) is 4. The molecule has 1 atom stereocenters. The summed E-state index contributed by atoms with van der Waals surface area (Å²) in [7, 11) is 0. The van der Waals surface area contributed by atoms with Gasteiger partial charge in [0.15, 0.2) is 5.82 Å². The first-order valence-corrected chi connectivity index (χ1v) is 6.04. The molecule has 5 nitrogen and oxygen atoms in total. The van der Waals surface area contributed by atoms with Gasteiger partial charge >= 0.3 is 0 Å². The molecule has 1 saturated heterocycles. The number of anilines is 1. The first-order valence-electron chi connectivity index (χ1n) is 5.67. The summed E-state index contributed by atoms with van der Waals surface area (Å²) in [6.07, 6.45) is 1.45. The number of carbonyl (C=O) groups excluding carboxylic acids is 1. The average molecular weight is 282 g/mol. The minimum Gasteiger partial charge on any atom is -0.343 e. The van der Waals surface area contributed by atoms with Crippen LogP contribution in [0.15, 0.2) is 29.1 Å². The Morgan fingerprint density at radius 2 is 2.32 bits per heavy atom. The van der Waals surface area contributed by atoms with Crippen LogP contribution < -0.4 is 4.90 Å². The molecule has 19 heavy (non-hydrogen) atoms. The van der Waals surface area contributed by atoms with Crippen LogP contribution in [0, 0.1) is 5.82 Å². The van der Waals surface area contributed by atoms with Gasteiger partial charge in [-0.1, -0.05) is 16.8 Å². The van der Waals surface area contributed by atoms with Gasteiger partial charge in [0.1, 0.15) is 5.82 Å². The van der Waals surface area contributed by atoms with Crippen LogP contribution in [0.2, 0.25) is 5.02 Å². The van der Waals surface area contributed by atoms with Crippen molar-refractivity contribution in [1.29, 1.82) is 0 Å². The molecule has 1 aromatic heterocycles. The molecule has 1 aliphatic heterocycles. The quantitative estimate of drug-likeness (QED) is 0.848. The largest absolute Gasteiger partial charge is 0.343 e. The fourth-order valence-corrected chi connectivity index (χ4v) is 2.33. The van der Waals surface area contributed by atoms with Crippen molar-refractivity contribution >= 4 is 23.2 Å². The third kappa shape index (κ3) is 2.19. The third-order valence-electron chi connectivity index (χ3n) is 3.07. The molecule has 1 unspecified atom stereocenters. The van der Waals surface area contributed by atoms with Gasteiger partial charge in [-0.05, 0) is 18.2 Å². The minimum absolute atomic E-state index is 0.170. The second kappa shape index (κ2) is 4.62. The Balaban J connectivity index is 1.88. The zero-order chi connectivity index (χ0) is 13.4. The first-order chi connectivity index (χ1) is 9.15. The summed E-state index contributed by atoms with van der Waals surface area (Å²) >= 11 is 5.69. The summed E-state index contributed by atoms with van der Waals surface area (Å²) in [5, 5.41) is 4.01. The molecule has 1 aliphatic rings. The van der Waals surface area contributed by atoms with Gasteiger partial charge in [-0.25, -0.2) is 4.39 Å². The van der Waals surface area contributed by atoms with Gasteiger partial charge in [-0.15, -0.1) is 0 Å². The molecule has 0 spiro atoms. The van der Waals surface area contributed by atoms with Crippen LogP contribution in [0.3, 0.4) is 0 Å². The summed E-state index contributed by atoms with van der Waals surface area (Å²) in [5.41, 5.74) is 0.223. The molecule has 2 heterocycles. The maximum Gasteiger partial charge on any atom is 0.227 e. The summed E-state index contributed by atoms with van der Waals surface area (Å²) < 4.78 is 18.5. The summed E-state index contributed by atoms with van der Waals surface area (Å²) in [6.45, 7) is 0.330. The van der Waals surface area contributed by atoms with Gasteiger partial charge < -0.3 is 9.42 Å². The maximum absolute atomic E-state index is 13.8. The summed E-state index contributed by atoms with van der Waals surface area (Å²) in [4.78, 5) is 17.3. The van der Waals surface area contributed by atoms with Crippen LogP contribution in [0.1, 0.15) is 18.2 Å². The standard InChI is InChI=1S/C12H9ClFN3O2/c13-8-1-2-10(9(14)4-8)17-5-7(3-11(17)18)12-15-6-19-16-12/h1-2,4,6-7H,3,5H2. The topological polar surface area (TPSA) is 59.2 Å². The fraction of sp³-hybridized carbons (Fsp3) is 0.250. The van der Waals surface area contributed by atoms with Crippen molar-refractivity contribution < 1.29 is 13.7 Å². The molecule has 0 bridgehead atoms. The highest BCUT2D eigenvalue weighted by Crippen LogP contribution is 2.32. The predicted molar refractivity (Wildman–Crippen MR) is 65.4 cm³/mol. The van der Waals surface area contributed by atoms with E-state index in [1.54, 1.807) is 6.07 Å². The lowest BCUT2D eigenvalue weighted by Gasteiger charge is -2.17. The van der Waals surface area contributed by atoms with E-state index in [9.17, 15) is 9.18 Å².